The van der Waals surface area contributed by atoms with E-state index in [4.69, 9.17) is 5.73 Å². The van der Waals surface area contributed by atoms with Gasteiger partial charge in [0.05, 0.1) is 11.4 Å². The second-order valence-electron chi connectivity index (χ2n) is 7.41. The minimum absolute atomic E-state index is 0.00439. The van der Waals surface area contributed by atoms with Crippen LogP contribution in [0.3, 0.4) is 0 Å². The van der Waals surface area contributed by atoms with Gasteiger partial charge < -0.3 is 10.6 Å². The number of hydrogen-bond donors (Lipinski definition) is 1. The number of nitrogens with two attached hydrogens (primary N) is 1. The van der Waals surface area contributed by atoms with Crippen LogP contribution in [0.4, 0.5) is 5.69 Å². The Morgan fingerprint density at radius 2 is 1.83 bits per heavy atom. The molecule has 2 N–H and O–H groups in total. The number of fused-ring (bicyclic) bond motifs is 1. The van der Waals surface area contributed by atoms with Crippen molar-refractivity contribution in [3.8, 4) is 0 Å². The summed E-state index contributed by atoms with van der Waals surface area (Å²) in [6.07, 6.45) is 0.938. The van der Waals surface area contributed by atoms with Crippen molar-refractivity contribution in [3.63, 3.8) is 0 Å². The molecule has 2 aromatic heterocycles. The number of benzene rings is 1. The fourth-order valence-electron chi connectivity index (χ4n) is 3.48. The third kappa shape index (κ3) is 4.10. The molecule has 0 radical (unpaired) electrons. The van der Waals surface area contributed by atoms with E-state index >= 15 is 0 Å². The number of rotatable bonds is 3. The molecule has 29 heavy (non-hydrogen) atoms. The molecule has 3 aromatic rings. The third-order valence-corrected chi connectivity index (χ3v) is 7.51. The minimum Gasteiger partial charge on any atom is -0.397 e. The van der Waals surface area contributed by atoms with Gasteiger partial charge in [-0.1, -0.05) is 17.7 Å². The van der Waals surface area contributed by atoms with Crippen LogP contribution >= 0.6 is 23.3 Å². The van der Waals surface area contributed by atoms with Crippen LogP contribution in [0.2, 0.25) is 0 Å². The van der Waals surface area contributed by atoms with Crippen LogP contribution in [0.5, 0.6) is 0 Å². The normalized spacial score (nSPS) is 15.6. The Kier molecular flexibility index (Phi) is 5.76. The number of carbonyl (C=O) groups excluding carboxylic acids is 1. The molecule has 6 nitrogen and oxygen atoms in total. The molecule has 8 heteroatoms. The highest BCUT2D eigenvalue weighted by atomic mass is 32.2. The van der Waals surface area contributed by atoms with E-state index in [-0.39, 0.29) is 5.91 Å². The lowest BCUT2D eigenvalue weighted by atomic mass is 10.1. The van der Waals surface area contributed by atoms with E-state index in [1.165, 1.54) is 21.8 Å². The molecule has 1 amide bonds. The van der Waals surface area contributed by atoms with Gasteiger partial charge in [0.15, 0.2) is 0 Å². The molecule has 152 valence electrons. The summed E-state index contributed by atoms with van der Waals surface area (Å²) in [4.78, 5) is 17.7. The van der Waals surface area contributed by atoms with Gasteiger partial charge in [0, 0.05) is 36.5 Å². The van der Waals surface area contributed by atoms with E-state index in [2.05, 4.69) is 45.7 Å². The molecule has 1 saturated heterocycles. The summed E-state index contributed by atoms with van der Waals surface area (Å²) in [6.45, 7) is 9.19. The van der Waals surface area contributed by atoms with Crippen molar-refractivity contribution in [2.24, 2.45) is 0 Å². The van der Waals surface area contributed by atoms with Crippen LogP contribution in [0.15, 0.2) is 29.2 Å². The molecule has 0 spiro atoms. The average molecular weight is 428 g/mol. The number of aryl methyl sites for hydroxylation is 3. The zero-order valence-corrected chi connectivity index (χ0v) is 18.6. The highest BCUT2D eigenvalue weighted by molar-refractivity contribution is 7.97. The van der Waals surface area contributed by atoms with Crippen molar-refractivity contribution in [1.29, 1.82) is 0 Å². The lowest BCUT2D eigenvalue weighted by Crippen LogP contribution is -2.34. The van der Waals surface area contributed by atoms with Crippen LogP contribution in [-0.4, -0.2) is 51.5 Å². The maximum absolute atomic E-state index is 13.2. The van der Waals surface area contributed by atoms with Gasteiger partial charge in [0.25, 0.3) is 5.91 Å². The number of amides is 1. The van der Waals surface area contributed by atoms with Crippen LogP contribution in [0, 0.1) is 20.8 Å². The molecule has 0 saturated carbocycles. The van der Waals surface area contributed by atoms with Crippen LogP contribution < -0.4 is 5.73 Å². The topological polar surface area (TPSA) is 75.3 Å². The number of aromatic nitrogens is 2. The summed E-state index contributed by atoms with van der Waals surface area (Å²) in [5, 5.41) is 9.29. The lowest BCUT2D eigenvalue weighted by Gasteiger charge is -2.21. The SMILES string of the molecule is Cc1ccc(SN2CCCN(C(=O)c3sc4nnc(C)c(C)c4c3N)CC2)cc1. The van der Waals surface area contributed by atoms with Gasteiger partial charge in [0.2, 0.25) is 0 Å². The number of nitrogens with zero attached hydrogens (tertiary/aromatic N) is 4. The van der Waals surface area contributed by atoms with Gasteiger partial charge in [-0.15, -0.1) is 16.4 Å². The molecule has 1 fully saturated rings. The molecule has 0 unspecified atom stereocenters. The predicted molar refractivity (Wildman–Crippen MR) is 120 cm³/mol. The number of thiophene rings is 1. The number of hydrogen-bond acceptors (Lipinski definition) is 7. The number of anilines is 1. The molecule has 1 aliphatic rings. The molecular weight excluding hydrogens is 402 g/mol. The fraction of sp³-hybridized carbons (Fsp3) is 0.381. The van der Waals surface area contributed by atoms with E-state index in [9.17, 15) is 4.79 Å². The molecule has 4 rings (SSSR count). The monoisotopic (exact) mass is 427 g/mol. The maximum Gasteiger partial charge on any atom is 0.266 e. The van der Waals surface area contributed by atoms with Crippen molar-refractivity contribution < 1.29 is 4.79 Å². The van der Waals surface area contributed by atoms with Crippen molar-refractivity contribution in [2.45, 2.75) is 32.1 Å². The molecular formula is C21H25N5OS2. The van der Waals surface area contributed by atoms with Gasteiger partial charge in [-0.2, -0.15) is 5.10 Å². The van der Waals surface area contributed by atoms with E-state index in [0.29, 0.717) is 17.1 Å². The number of carbonyl (C=O) groups is 1. The van der Waals surface area contributed by atoms with Crippen molar-refractivity contribution in [2.75, 3.05) is 31.9 Å². The van der Waals surface area contributed by atoms with Crippen LogP contribution in [-0.2, 0) is 0 Å². The largest absolute Gasteiger partial charge is 0.397 e. The Labute approximate surface area is 179 Å². The van der Waals surface area contributed by atoms with Crippen molar-refractivity contribution in [3.05, 3.63) is 46.0 Å². The fourth-order valence-corrected chi connectivity index (χ4v) is 5.50. The lowest BCUT2D eigenvalue weighted by molar-refractivity contribution is 0.0770. The smallest absolute Gasteiger partial charge is 0.266 e. The molecule has 3 heterocycles. The Balaban J connectivity index is 1.49. The first-order valence-corrected chi connectivity index (χ1v) is 11.3. The predicted octanol–water partition coefficient (Wildman–Crippen LogP) is 4.05. The zero-order valence-electron chi connectivity index (χ0n) is 16.9. The summed E-state index contributed by atoms with van der Waals surface area (Å²) >= 11 is 3.11. The van der Waals surface area contributed by atoms with Gasteiger partial charge in [0.1, 0.15) is 9.71 Å². The van der Waals surface area contributed by atoms with Crippen molar-refractivity contribution >= 4 is 45.1 Å². The molecule has 0 atom stereocenters. The molecule has 0 aliphatic carbocycles. The Morgan fingerprint density at radius 3 is 2.59 bits per heavy atom. The van der Waals surface area contributed by atoms with Crippen LogP contribution in [0.25, 0.3) is 10.2 Å². The first-order valence-electron chi connectivity index (χ1n) is 9.74. The number of nitrogen functional groups attached to an aromatic ring is 1. The second kappa shape index (κ2) is 8.30. The van der Waals surface area contributed by atoms with Gasteiger partial charge in [-0.05, 0) is 56.8 Å². The van der Waals surface area contributed by atoms with E-state index in [0.717, 1.165) is 47.5 Å². The standard InChI is InChI=1S/C21H25N5OS2/c1-13-5-7-16(8-6-13)29-26-10-4-9-25(11-12-26)21(27)19-18(22)17-14(2)15(3)23-24-20(17)28-19/h5-8H,4,9-12,22H2,1-3H3. The quantitative estimate of drug-likeness (QED) is 0.636. The van der Waals surface area contributed by atoms with Gasteiger partial charge >= 0.3 is 0 Å². The highest BCUT2D eigenvalue weighted by Gasteiger charge is 2.26. The Bertz CT molecular complexity index is 1050. The first kappa shape index (κ1) is 20.1. The first-order chi connectivity index (χ1) is 13.9. The van der Waals surface area contributed by atoms with E-state index in [1.54, 1.807) is 11.9 Å². The van der Waals surface area contributed by atoms with E-state index in [1.807, 2.05) is 18.7 Å². The summed E-state index contributed by atoms with van der Waals surface area (Å²) in [7, 11) is 0. The summed E-state index contributed by atoms with van der Waals surface area (Å²) < 4.78 is 2.34. The average Bonchev–Trinajstić information content (AvgIpc) is 2.88. The third-order valence-electron chi connectivity index (χ3n) is 5.33. The van der Waals surface area contributed by atoms with E-state index < -0.39 is 0 Å². The van der Waals surface area contributed by atoms with Gasteiger partial charge in [-0.3, -0.25) is 4.79 Å². The second-order valence-corrected chi connectivity index (χ2v) is 9.58. The van der Waals surface area contributed by atoms with Crippen molar-refractivity contribution in [1.82, 2.24) is 19.4 Å². The highest BCUT2D eigenvalue weighted by Crippen LogP contribution is 2.36. The minimum atomic E-state index is 0.00439. The summed E-state index contributed by atoms with van der Waals surface area (Å²) in [5.41, 5.74) is 10.0. The molecule has 0 bridgehead atoms. The molecule has 1 aliphatic heterocycles. The van der Waals surface area contributed by atoms with Crippen LogP contribution in [0.1, 0.15) is 32.9 Å². The zero-order chi connectivity index (χ0) is 20.5. The Hall–Kier alpha value is -2.16. The molecule has 1 aromatic carbocycles. The summed E-state index contributed by atoms with van der Waals surface area (Å²) in [5.74, 6) is 0.00439. The van der Waals surface area contributed by atoms with Gasteiger partial charge in [-0.25, -0.2) is 4.31 Å². The Morgan fingerprint density at radius 1 is 1.07 bits per heavy atom. The summed E-state index contributed by atoms with van der Waals surface area (Å²) in [6, 6.07) is 8.56. The maximum atomic E-state index is 13.2.